The molecular weight excluding hydrogens is 375 g/mol. The van der Waals surface area contributed by atoms with Crippen LogP contribution in [0.5, 0.6) is 17.2 Å². The van der Waals surface area contributed by atoms with Crippen molar-refractivity contribution >= 4 is 21.2 Å². The number of para-hydroxylation sites is 2. The Labute approximate surface area is 158 Å². The molecule has 0 aliphatic carbocycles. The average molecular weight is 398 g/mol. The maximum atomic E-state index is 9.09. The van der Waals surface area contributed by atoms with Gasteiger partial charge in [-0.1, -0.05) is 36.4 Å². The molecule has 0 amide bonds. The van der Waals surface area contributed by atoms with Crippen molar-refractivity contribution < 1.29 is 15.3 Å². The first-order valence-electron chi connectivity index (χ1n) is 7.79. The number of phenolic OH excluding ortho intramolecular Hbond substituents is 3. The summed E-state index contributed by atoms with van der Waals surface area (Å²) >= 11 is 2.42. The van der Waals surface area contributed by atoms with Crippen LogP contribution < -0.4 is 4.35 Å². The summed E-state index contributed by atoms with van der Waals surface area (Å²) in [4.78, 5) is 0. The van der Waals surface area contributed by atoms with Crippen LogP contribution in [0.25, 0.3) is 0 Å². The first kappa shape index (κ1) is 20.7. The summed E-state index contributed by atoms with van der Waals surface area (Å²) in [6, 6.07) is 20.0. The van der Waals surface area contributed by atoms with Crippen molar-refractivity contribution in [2.24, 2.45) is 0 Å². The molecular formula is C21H23AsO3. The molecule has 0 spiro atoms. The van der Waals surface area contributed by atoms with Crippen LogP contribution >= 0.6 is 0 Å². The third-order valence-electron chi connectivity index (χ3n) is 3.51. The quantitative estimate of drug-likeness (QED) is 0.504. The van der Waals surface area contributed by atoms with E-state index in [-0.39, 0.29) is 0 Å². The summed E-state index contributed by atoms with van der Waals surface area (Å²) in [7, 11) is 0. The molecule has 3 aromatic carbocycles. The molecule has 0 bridgehead atoms. The smallest absolute Gasteiger partial charge is 0.118 e. The number of aromatic hydroxyl groups is 3. The monoisotopic (exact) mass is 398 g/mol. The zero-order valence-corrected chi connectivity index (χ0v) is 16.5. The van der Waals surface area contributed by atoms with Gasteiger partial charge in [-0.2, -0.15) is 0 Å². The van der Waals surface area contributed by atoms with Gasteiger partial charge in [-0.15, -0.1) is 0 Å². The van der Waals surface area contributed by atoms with Crippen LogP contribution in [-0.4, -0.2) is 32.2 Å². The first-order valence-corrected chi connectivity index (χ1v) is 8.73. The molecule has 4 heteroatoms. The molecule has 0 fully saturated rings. The molecule has 3 N–H and O–H groups in total. The second-order valence-electron chi connectivity index (χ2n) is 5.49. The van der Waals surface area contributed by atoms with Gasteiger partial charge in [0.05, 0.1) is 0 Å². The minimum absolute atomic E-state index is 0.368. The normalized spacial score (nSPS) is 9.28. The van der Waals surface area contributed by atoms with Crippen LogP contribution in [0.1, 0.15) is 16.7 Å². The molecule has 0 saturated carbocycles. The third-order valence-corrected chi connectivity index (χ3v) is 4.52. The van der Waals surface area contributed by atoms with E-state index in [0.29, 0.717) is 17.2 Å². The fourth-order valence-electron chi connectivity index (χ4n) is 1.74. The first-order chi connectivity index (χ1) is 11.8. The molecule has 0 saturated heterocycles. The predicted molar refractivity (Wildman–Crippen MR) is 104 cm³/mol. The van der Waals surface area contributed by atoms with Gasteiger partial charge in [0.1, 0.15) is 11.5 Å². The van der Waals surface area contributed by atoms with Crippen LogP contribution in [0.2, 0.25) is 0 Å². The van der Waals surface area contributed by atoms with E-state index in [1.54, 1.807) is 18.2 Å². The van der Waals surface area contributed by atoms with Gasteiger partial charge in [-0.25, -0.2) is 0 Å². The summed E-state index contributed by atoms with van der Waals surface area (Å²) in [5.74, 6) is 1.10. The predicted octanol–water partition coefficient (Wildman–Crippen LogP) is 3.90. The Kier molecular flexibility index (Phi) is 8.66. The Balaban J connectivity index is 0.000000188. The van der Waals surface area contributed by atoms with Crippen molar-refractivity contribution in [1.29, 1.82) is 0 Å². The number of hydrogen-bond acceptors (Lipinski definition) is 3. The number of phenols is 3. The van der Waals surface area contributed by atoms with Crippen molar-refractivity contribution in [3.05, 3.63) is 83.4 Å². The van der Waals surface area contributed by atoms with E-state index >= 15 is 0 Å². The van der Waals surface area contributed by atoms with Crippen molar-refractivity contribution in [2.45, 2.75) is 20.8 Å². The summed E-state index contributed by atoms with van der Waals surface area (Å²) < 4.78 is 1.07. The molecule has 130 valence electrons. The number of aryl methyl sites for hydroxylation is 2. The van der Waals surface area contributed by atoms with Crippen LogP contribution in [0.3, 0.4) is 0 Å². The van der Waals surface area contributed by atoms with E-state index in [1.807, 2.05) is 69.3 Å². The van der Waals surface area contributed by atoms with Crippen molar-refractivity contribution in [1.82, 2.24) is 0 Å². The molecule has 0 aliphatic heterocycles. The molecule has 2 radical (unpaired) electrons. The summed E-state index contributed by atoms with van der Waals surface area (Å²) in [5, 5.41) is 26.9. The zero-order chi connectivity index (χ0) is 18.8. The van der Waals surface area contributed by atoms with Crippen molar-refractivity contribution in [2.75, 3.05) is 0 Å². The van der Waals surface area contributed by atoms with Gasteiger partial charge in [0, 0.05) is 0 Å². The molecule has 0 aromatic heterocycles. The van der Waals surface area contributed by atoms with Crippen LogP contribution in [0.4, 0.5) is 0 Å². The topological polar surface area (TPSA) is 60.7 Å². The fourth-order valence-corrected chi connectivity index (χ4v) is 2.16. The minimum Gasteiger partial charge on any atom is -0.508 e. The molecule has 0 aliphatic rings. The average Bonchev–Trinajstić information content (AvgIpc) is 2.59. The van der Waals surface area contributed by atoms with E-state index in [0.717, 1.165) is 21.0 Å². The Bertz CT molecular complexity index is 695. The largest absolute Gasteiger partial charge is 0.508 e. The van der Waals surface area contributed by atoms with Gasteiger partial charge in [0.25, 0.3) is 0 Å². The van der Waals surface area contributed by atoms with Crippen molar-refractivity contribution in [3.8, 4) is 17.2 Å². The molecule has 25 heavy (non-hydrogen) atoms. The van der Waals surface area contributed by atoms with Gasteiger partial charge in [-0.05, 0) is 37.1 Å². The van der Waals surface area contributed by atoms with Crippen LogP contribution in [0, 0.1) is 20.8 Å². The summed E-state index contributed by atoms with van der Waals surface area (Å²) in [5.41, 5.74) is 2.79. The number of benzene rings is 3. The Hall–Kier alpha value is -2.38. The van der Waals surface area contributed by atoms with E-state index in [4.69, 9.17) is 15.3 Å². The van der Waals surface area contributed by atoms with E-state index in [1.165, 1.54) is 0 Å². The zero-order valence-electron chi connectivity index (χ0n) is 14.6. The fraction of sp³-hybridized carbons (Fsp3) is 0.143. The second kappa shape index (κ2) is 10.5. The third kappa shape index (κ3) is 7.36. The molecule has 3 rings (SSSR count). The van der Waals surface area contributed by atoms with E-state index in [2.05, 4.69) is 16.9 Å². The minimum atomic E-state index is 0.368. The standard InChI is InChI=1S/C7H7AsO.2C7H8O/c1-5-6(8)3-2-4-7(5)9;2*1-6-4-2-3-5-7(6)8/h2-4,9H,1H3;2*2-5,8H,1H3. The molecule has 0 unspecified atom stereocenters. The summed E-state index contributed by atoms with van der Waals surface area (Å²) in [6.45, 7) is 5.63. The molecule has 0 atom stereocenters. The van der Waals surface area contributed by atoms with Gasteiger partial charge in [-0.3, -0.25) is 0 Å². The Morgan fingerprint density at radius 3 is 1.24 bits per heavy atom. The van der Waals surface area contributed by atoms with Gasteiger partial charge >= 0.3 is 62.7 Å². The van der Waals surface area contributed by atoms with Gasteiger partial charge in [0.15, 0.2) is 0 Å². The van der Waals surface area contributed by atoms with Crippen molar-refractivity contribution in [3.63, 3.8) is 0 Å². The second-order valence-corrected chi connectivity index (χ2v) is 6.51. The van der Waals surface area contributed by atoms with E-state index < -0.39 is 0 Å². The van der Waals surface area contributed by atoms with Gasteiger partial charge < -0.3 is 10.2 Å². The maximum absolute atomic E-state index is 9.09. The molecule has 3 aromatic rings. The van der Waals surface area contributed by atoms with Gasteiger partial charge in [0.2, 0.25) is 0 Å². The number of rotatable bonds is 0. The van der Waals surface area contributed by atoms with E-state index in [9.17, 15) is 0 Å². The van der Waals surface area contributed by atoms with Crippen LogP contribution in [0.15, 0.2) is 66.7 Å². The SMILES string of the molecule is Cc1c(O)cccc1[As].Cc1ccccc1O.Cc1ccccc1O. The maximum Gasteiger partial charge on any atom is 0.118 e. The molecule has 3 nitrogen and oxygen atoms in total. The molecule has 0 heterocycles. The van der Waals surface area contributed by atoms with Crippen LogP contribution in [-0.2, 0) is 0 Å². The number of hydrogen-bond donors (Lipinski definition) is 3. The Morgan fingerprint density at radius 1 is 0.560 bits per heavy atom. The Morgan fingerprint density at radius 2 is 0.960 bits per heavy atom. The summed E-state index contributed by atoms with van der Waals surface area (Å²) in [6.07, 6.45) is 0.